The molecule has 0 aliphatic heterocycles. The highest BCUT2D eigenvalue weighted by Gasteiger charge is 2.12. The number of anilines is 1. The van der Waals surface area contributed by atoms with Crippen LogP contribution < -0.4 is 5.32 Å². The molecule has 100 valence electrons. The summed E-state index contributed by atoms with van der Waals surface area (Å²) in [5.74, 6) is 0.879. The Morgan fingerprint density at radius 3 is 2.58 bits per heavy atom. The molecule has 2 aromatic heterocycles. The standard InChI is InChI=1S/C15H20N4/c1-5-7-17-15-12(4)11(3)14(18-19-15)13-9-16-8-6-10(13)2/h6,8-9H,5,7H2,1-4H3,(H,17,19). The second kappa shape index (κ2) is 5.78. The highest BCUT2D eigenvalue weighted by Crippen LogP contribution is 2.27. The molecule has 0 radical (unpaired) electrons. The first kappa shape index (κ1) is 13.5. The fourth-order valence-electron chi connectivity index (χ4n) is 1.98. The average molecular weight is 256 g/mol. The molecular formula is C15H20N4. The molecule has 2 aromatic rings. The predicted octanol–water partition coefficient (Wildman–Crippen LogP) is 3.29. The van der Waals surface area contributed by atoms with E-state index in [0.717, 1.165) is 41.2 Å². The number of aryl methyl sites for hydroxylation is 1. The largest absolute Gasteiger partial charge is 0.368 e. The number of rotatable bonds is 4. The summed E-state index contributed by atoms with van der Waals surface area (Å²) in [7, 11) is 0. The fourth-order valence-corrected chi connectivity index (χ4v) is 1.98. The summed E-state index contributed by atoms with van der Waals surface area (Å²) in [6.45, 7) is 9.28. The summed E-state index contributed by atoms with van der Waals surface area (Å²) in [5, 5.41) is 12.0. The van der Waals surface area contributed by atoms with Gasteiger partial charge in [-0.15, -0.1) is 10.2 Å². The van der Waals surface area contributed by atoms with Crippen LogP contribution in [0.4, 0.5) is 5.82 Å². The number of pyridine rings is 1. The van der Waals surface area contributed by atoms with Crippen LogP contribution in [0.25, 0.3) is 11.3 Å². The first-order valence-corrected chi connectivity index (χ1v) is 6.63. The number of hydrogen-bond donors (Lipinski definition) is 1. The van der Waals surface area contributed by atoms with Crippen molar-refractivity contribution in [3.63, 3.8) is 0 Å². The summed E-state index contributed by atoms with van der Waals surface area (Å²) in [6.07, 6.45) is 4.72. The summed E-state index contributed by atoms with van der Waals surface area (Å²) in [5.41, 5.74) is 5.45. The van der Waals surface area contributed by atoms with Crippen LogP contribution in [0.2, 0.25) is 0 Å². The predicted molar refractivity (Wildman–Crippen MR) is 78.3 cm³/mol. The van der Waals surface area contributed by atoms with Gasteiger partial charge in [-0.25, -0.2) is 0 Å². The molecule has 0 atom stereocenters. The molecule has 0 spiro atoms. The summed E-state index contributed by atoms with van der Waals surface area (Å²) in [4.78, 5) is 4.18. The summed E-state index contributed by atoms with van der Waals surface area (Å²) >= 11 is 0. The molecular weight excluding hydrogens is 236 g/mol. The molecule has 0 aliphatic carbocycles. The Bertz CT molecular complexity index is 578. The van der Waals surface area contributed by atoms with E-state index >= 15 is 0 Å². The zero-order chi connectivity index (χ0) is 13.8. The van der Waals surface area contributed by atoms with Gasteiger partial charge in [0.1, 0.15) is 0 Å². The van der Waals surface area contributed by atoms with E-state index in [0.29, 0.717) is 0 Å². The van der Waals surface area contributed by atoms with Gasteiger partial charge in [0.2, 0.25) is 0 Å². The van der Waals surface area contributed by atoms with Crippen LogP contribution in [0.5, 0.6) is 0 Å². The molecule has 4 nitrogen and oxygen atoms in total. The SMILES string of the molecule is CCCNc1nnc(-c2cnccc2C)c(C)c1C. The van der Waals surface area contributed by atoms with Gasteiger partial charge in [0.15, 0.2) is 5.82 Å². The number of hydrogen-bond acceptors (Lipinski definition) is 4. The van der Waals surface area contributed by atoms with E-state index in [1.54, 1.807) is 6.20 Å². The number of aromatic nitrogens is 3. The van der Waals surface area contributed by atoms with Crippen LogP contribution in [0.3, 0.4) is 0 Å². The van der Waals surface area contributed by atoms with Crippen molar-refractivity contribution in [1.29, 1.82) is 0 Å². The normalized spacial score (nSPS) is 10.5. The molecule has 19 heavy (non-hydrogen) atoms. The maximum atomic E-state index is 4.37. The molecule has 2 rings (SSSR count). The highest BCUT2D eigenvalue weighted by atomic mass is 15.2. The zero-order valence-electron chi connectivity index (χ0n) is 12.0. The van der Waals surface area contributed by atoms with Crippen LogP contribution in [0.1, 0.15) is 30.0 Å². The van der Waals surface area contributed by atoms with Crippen LogP contribution in [0.15, 0.2) is 18.5 Å². The first-order chi connectivity index (χ1) is 9.15. The highest BCUT2D eigenvalue weighted by molar-refractivity contribution is 5.68. The Kier molecular flexibility index (Phi) is 4.10. The van der Waals surface area contributed by atoms with Gasteiger partial charge in [0.05, 0.1) is 5.69 Å². The summed E-state index contributed by atoms with van der Waals surface area (Å²) in [6, 6.07) is 2.00. The third-order valence-corrected chi connectivity index (χ3v) is 3.36. The topological polar surface area (TPSA) is 50.7 Å². The van der Waals surface area contributed by atoms with Crippen molar-refractivity contribution < 1.29 is 0 Å². The Morgan fingerprint density at radius 1 is 1.11 bits per heavy atom. The van der Waals surface area contributed by atoms with Crippen molar-refractivity contribution in [3.05, 3.63) is 35.2 Å². The maximum absolute atomic E-state index is 4.37. The van der Waals surface area contributed by atoms with Crippen LogP contribution in [-0.4, -0.2) is 21.7 Å². The second-order valence-electron chi connectivity index (χ2n) is 4.76. The monoisotopic (exact) mass is 256 g/mol. The van der Waals surface area contributed by atoms with Crippen molar-refractivity contribution >= 4 is 5.82 Å². The molecule has 0 saturated heterocycles. The lowest BCUT2D eigenvalue weighted by Gasteiger charge is -2.13. The minimum atomic E-state index is 0.879. The quantitative estimate of drug-likeness (QED) is 0.912. The molecule has 0 bridgehead atoms. The van der Waals surface area contributed by atoms with Crippen LogP contribution >= 0.6 is 0 Å². The second-order valence-corrected chi connectivity index (χ2v) is 4.76. The number of nitrogens with zero attached hydrogens (tertiary/aromatic N) is 3. The van der Waals surface area contributed by atoms with Crippen molar-refractivity contribution in [1.82, 2.24) is 15.2 Å². The van der Waals surface area contributed by atoms with Gasteiger partial charge < -0.3 is 5.32 Å². The third kappa shape index (κ3) is 2.72. The lowest BCUT2D eigenvalue weighted by atomic mass is 10.0. The molecule has 2 heterocycles. The van der Waals surface area contributed by atoms with E-state index in [1.807, 2.05) is 12.3 Å². The maximum Gasteiger partial charge on any atom is 0.151 e. The molecule has 0 fully saturated rings. The molecule has 0 amide bonds. The van der Waals surface area contributed by atoms with Gasteiger partial charge >= 0.3 is 0 Å². The lowest BCUT2D eigenvalue weighted by Crippen LogP contribution is -2.07. The smallest absolute Gasteiger partial charge is 0.151 e. The minimum absolute atomic E-state index is 0.879. The first-order valence-electron chi connectivity index (χ1n) is 6.63. The van der Waals surface area contributed by atoms with Crippen molar-refractivity contribution in [3.8, 4) is 11.3 Å². The Balaban J connectivity index is 2.44. The van der Waals surface area contributed by atoms with Gasteiger partial charge in [-0.2, -0.15) is 0 Å². The fraction of sp³-hybridized carbons (Fsp3) is 0.400. The van der Waals surface area contributed by atoms with Gasteiger partial charge in [-0.3, -0.25) is 4.98 Å². The van der Waals surface area contributed by atoms with E-state index in [2.05, 4.69) is 48.2 Å². The van der Waals surface area contributed by atoms with E-state index in [1.165, 1.54) is 5.56 Å². The Labute approximate surface area is 114 Å². The van der Waals surface area contributed by atoms with E-state index < -0.39 is 0 Å². The molecule has 1 N–H and O–H groups in total. The van der Waals surface area contributed by atoms with Gasteiger partial charge in [0.25, 0.3) is 0 Å². The van der Waals surface area contributed by atoms with Crippen molar-refractivity contribution in [2.75, 3.05) is 11.9 Å². The van der Waals surface area contributed by atoms with Crippen LogP contribution in [-0.2, 0) is 0 Å². The Hall–Kier alpha value is -1.97. The Morgan fingerprint density at radius 2 is 1.89 bits per heavy atom. The summed E-state index contributed by atoms with van der Waals surface area (Å²) < 4.78 is 0. The molecule has 0 unspecified atom stereocenters. The molecule has 0 saturated carbocycles. The third-order valence-electron chi connectivity index (χ3n) is 3.36. The van der Waals surface area contributed by atoms with E-state index in [-0.39, 0.29) is 0 Å². The van der Waals surface area contributed by atoms with Crippen molar-refractivity contribution in [2.45, 2.75) is 34.1 Å². The molecule has 0 aromatic carbocycles. The molecule has 0 aliphatic rings. The van der Waals surface area contributed by atoms with E-state index in [4.69, 9.17) is 0 Å². The molecule has 4 heteroatoms. The van der Waals surface area contributed by atoms with Gasteiger partial charge in [-0.1, -0.05) is 6.92 Å². The van der Waals surface area contributed by atoms with E-state index in [9.17, 15) is 0 Å². The van der Waals surface area contributed by atoms with Gasteiger partial charge in [-0.05, 0) is 49.9 Å². The minimum Gasteiger partial charge on any atom is -0.368 e. The average Bonchev–Trinajstić information content (AvgIpc) is 2.42. The van der Waals surface area contributed by atoms with Crippen LogP contribution in [0, 0.1) is 20.8 Å². The number of nitrogens with one attached hydrogen (secondary N) is 1. The van der Waals surface area contributed by atoms with Crippen molar-refractivity contribution in [2.24, 2.45) is 0 Å². The van der Waals surface area contributed by atoms with Gasteiger partial charge in [0, 0.05) is 24.5 Å². The lowest BCUT2D eigenvalue weighted by molar-refractivity contribution is 0.932. The zero-order valence-corrected chi connectivity index (χ0v) is 12.0.